The van der Waals surface area contributed by atoms with Gasteiger partial charge in [-0.3, -0.25) is 4.90 Å². The molecule has 4 rings (SSSR count). The number of benzene rings is 1. The molecule has 0 spiro atoms. The standard InChI is InChI=1S/C18H23N3O2/c22-11-10-21(12-17-19-20-18(23-17)14-8-9-14)16-7-3-5-13-4-1-2-6-15(13)16/h1-2,4,6,14,16,22H,3,5,7-12H2. The number of hydrogen-bond acceptors (Lipinski definition) is 5. The second-order valence-corrected chi connectivity index (χ2v) is 6.61. The number of aliphatic hydroxyl groups is 1. The summed E-state index contributed by atoms with van der Waals surface area (Å²) in [4.78, 5) is 2.28. The molecule has 1 aromatic carbocycles. The summed E-state index contributed by atoms with van der Waals surface area (Å²) in [6.45, 7) is 1.38. The van der Waals surface area contributed by atoms with E-state index in [1.165, 1.54) is 17.5 Å². The fraction of sp³-hybridized carbons (Fsp3) is 0.556. The van der Waals surface area contributed by atoms with Gasteiger partial charge in [-0.15, -0.1) is 10.2 Å². The highest BCUT2D eigenvalue weighted by Crippen LogP contribution is 2.39. The fourth-order valence-electron chi connectivity index (χ4n) is 3.58. The largest absolute Gasteiger partial charge is 0.424 e. The first-order chi connectivity index (χ1) is 11.3. The van der Waals surface area contributed by atoms with Gasteiger partial charge in [-0.05, 0) is 43.2 Å². The van der Waals surface area contributed by atoms with Crippen molar-refractivity contribution in [3.8, 4) is 0 Å². The lowest BCUT2D eigenvalue weighted by Gasteiger charge is -2.34. The molecule has 0 amide bonds. The van der Waals surface area contributed by atoms with Crippen LogP contribution in [0.3, 0.4) is 0 Å². The maximum atomic E-state index is 9.49. The van der Waals surface area contributed by atoms with Crippen LogP contribution in [0.1, 0.15) is 60.6 Å². The predicted octanol–water partition coefficient (Wildman–Crippen LogP) is 2.82. The molecule has 5 nitrogen and oxygen atoms in total. The van der Waals surface area contributed by atoms with Crippen molar-refractivity contribution in [3.63, 3.8) is 0 Å². The molecular formula is C18H23N3O2. The van der Waals surface area contributed by atoms with Gasteiger partial charge in [-0.2, -0.15) is 0 Å². The van der Waals surface area contributed by atoms with Crippen molar-refractivity contribution in [1.82, 2.24) is 15.1 Å². The second-order valence-electron chi connectivity index (χ2n) is 6.61. The van der Waals surface area contributed by atoms with Crippen LogP contribution in [-0.2, 0) is 13.0 Å². The number of fused-ring (bicyclic) bond motifs is 1. The van der Waals surface area contributed by atoms with E-state index in [2.05, 4.69) is 39.4 Å². The molecule has 1 aromatic heterocycles. The Morgan fingerprint density at radius 1 is 1.17 bits per heavy atom. The first-order valence-electron chi connectivity index (χ1n) is 8.60. The molecule has 23 heavy (non-hydrogen) atoms. The van der Waals surface area contributed by atoms with E-state index in [1.807, 2.05) is 0 Å². The molecule has 5 heteroatoms. The fourth-order valence-corrected chi connectivity index (χ4v) is 3.58. The van der Waals surface area contributed by atoms with Gasteiger partial charge in [0.05, 0.1) is 13.2 Å². The topological polar surface area (TPSA) is 62.4 Å². The molecule has 1 unspecified atom stereocenters. The molecule has 122 valence electrons. The summed E-state index contributed by atoms with van der Waals surface area (Å²) in [5.41, 5.74) is 2.81. The van der Waals surface area contributed by atoms with Crippen molar-refractivity contribution < 1.29 is 9.52 Å². The molecule has 2 aromatic rings. The van der Waals surface area contributed by atoms with E-state index in [9.17, 15) is 5.11 Å². The molecule has 2 aliphatic rings. The zero-order valence-electron chi connectivity index (χ0n) is 13.3. The summed E-state index contributed by atoms with van der Waals surface area (Å²) in [6, 6.07) is 8.97. The van der Waals surface area contributed by atoms with Crippen LogP contribution in [0.25, 0.3) is 0 Å². The molecular weight excluding hydrogens is 290 g/mol. The number of aromatic nitrogens is 2. The van der Waals surface area contributed by atoms with Gasteiger partial charge in [0.1, 0.15) is 0 Å². The molecule has 0 radical (unpaired) electrons. The predicted molar refractivity (Wildman–Crippen MR) is 85.9 cm³/mol. The maximum Gasteiger partial charge on any atom is 0.230 e. The zero-order chi connectivity index (χ0) is 15.6. The van der Waals surface area contributed by atoms with E-state index in [-0.39, 0.29) is 6.61 Å². The Hall–Kier alpha value is -1.72. The Bertz CT molecular complexity index is 666. The SMILES string of the molecule is OCCN(Cc1nnc(C2CC2)o1)C1CCCc2ccccc21. The van der Waals surface area contributed by atoms with Crippen molar-refractivity contribution in [2.45, 2.75) is 50.6 Å². The number of aryl methyl sites for hydroxylation is 1. The highest BCUT2D eigenvalue weighted by molar-refractivity contribution is 5.32. The average molecular weight is 313 g/mol. The number of aliphatic hydroxyl groups excluding tert-OH is 1. The highest BCUT2D eigenvalue weighted by Gasteiger charge is 2.31. The van der Waals surface area contributed by atoms with Gasteiger partial charge < -0.3 is 9.52 Å². The van der Waals surface area contributed by atoms with Gasteiger partial charge >= 0.3 is 0 Å². The van der Waals surface area contributed by atoms with Crippen molar-refractivity contribution >= 4 is 0 Å². The molecule has 1 N–H and O–H groups in total. The Morgan fingerprint density at radius 2 is 2.04 bits per heavy atom. The van der Waals surface area contributed by atoms with Crippen LogP contribution in [0.15, 0.2) is 28.7 Å². The minimum absolute atomic E-state index is 0.141. The number of hydrogen-bond donors (Lipinski definition) is 1. The lowest BCUT2D eigenvalue weighted by molar-refractivity contribution is 0.120. The maximum absolute atomic E-state index is 9.49. The third-order valence-corrected chi connectivity index (χ3v) is 4.91. The summed E-state index contributed by atoms with van der Waals surface area (Å²) >= 11 is 0. The van der Waals surface area contributed by atoms with Crippen LogP contribution in [0.5, 0.6) is 0 Å². The molecule has 1 atom stereocenters. The Morgan fingerprint density at radius 3 is 2.87 bits per heavy atom. The summed E-state index contributed by atoms with van der Waals surface area (Å²) < 4.78 is 5.82. The van der Waals surface area contributed by atoms with Crippen LogP contribution in [-0.4, -0.2) is 33.4 Å². The first kappa shape index (κ1) is 14.8. The van der Waals surface area contributed by atoms with Gasteiger partial charge in [0, 0.05) is 18.5 Å². The van der Waals surface area contributed by atoms with Crippen molar-refractivity contribution in [1.29, 1.82) is 0 Å². The smallest absolute Gasteiger partial charge is 0.230 e. The summed E-state index contributed by atoms with van der Waals surface area (Å²) in [7, 11) is 0. The van der Waals surface area contributed by atoms with Crippen LogP contribution in [0, 0.1) is 0 Å². The average Bonchev–Trinajstić information content (AvgIpc) is 3.34. The molecule has 2 aliphatic carbocycles. The third kappa shape index (κ3) is 3.16. The van der Waals surface area contributed by atoms with Gasteiger partial charge in [-0.1, -0.05) is 24.3 Å². The van der Waals surface area contributed by atoms with E-state index >= 15 is 0 Å². The zero-order valence-corrected chi connectivity index (χ0v) is 13.3. The molecule has 1 heterocycles. The molecule has 0 saturated heterocycles. The van der Waals surface area contributed by atoms with Crippen LogP contribution >= 0.6 is 0 Å². The quantitative estimate of drug-likeness (QED) is 0.888. The van der Waals surface area contributed by atoms with Gasteiger partial charge in [0.2, 0.25) is 11.8 Å². The van der Waals surface area contributed by atoms with Crippen LogP contribution in [0.4, 0.5) is 0 Å². The van der Waals surface area contributed by atoms with Gasteiger partial charge in [0.25, 0.3) is 0 Å². The third-order valence-electron chi connectivity index (χ3n) is 4.91. The monoisotopic (exact) mass is 313 g/mol. The summed E-state index contributed by atoms with van der Waals surface area (Å²) in [5, 5.41) is 17.9. The minimum atomic E-state index is 0.141. The van der Waals surface area contributed by atoms with Crippen LogP contribution < -0.4 is 0 Å². The Labute approximate surface area is 136 Å². The second kappa shape index (κ2) is 6.42. The summed E-state index contributed by atoms with van der Waals surface area (Å²) in [5.74, 6) is 1.94. The molecule has 0 bridgehead atoms. The van der Waals surface area contributed by atoms with E-state index in [1.54, 1.807) is 0 Å². The van der Waals surface area contributed by atoms with Crippen molar-refractivity contribution in [3.05, 3.63) is 47.2 Å². The normalized spacial score (nSPS) is 20.7. The number of nitrogens with zero attached hydrogens (tertiary/aromatic N) is 3. The Balaban J connectivity index is 1.55. The molecule has 1 fully saturated rings. The van der Waals surface area contributed by atoms with E-state index in [0.717, 1.165) is 31.6 Å². The van der Waals surface area contributed by atoms with Crippen molar-refractivity contribution in [2.24, 2.45) is 0 Å². The van der Waals surface area contributed by atoms with Crippen LogP contribution in [0.2, 0.25) is 0 Å². The minimum Gasteiger partial charge on any atom is -0.424 e. The van der Waals surface area contributed by atoms with E-state index in [0.29, 0.717) is 30.9 Å². The number of rotatable bonds is 6. The molecule has 1 saturated carbocycles. The lowest BCUT2D eigenvalue weighted by atomic mass is 9.87. The van der Waals surface area contributed by atoms with Crippen molar-refractivity contribution in [2.75, 3.05) is 13.2 Å². The lowest BCUT2D eigenvalue weighted by Crippen LogP contribution is -2.33. The first-order valence-corrected chi connectivity index (χ1v) is 8.60. The highest BCUT2D eigenvalue weighted by atomic mass is 16.4. The van der Waals surface area contributed by atoms with E-state index < -0.39 is 0 Å². The Kier molecular flexibility index (Phi) is 4.14. The van der Waals surface area contributed by atoms with Gasteiger partial charge in [0.15, 0.2) is 0 Å². The summed E-state index contributed by atoms with van der Waals surface area (Å²) in [6.07, 6.45) is 5.77. The van der Waals surface area contributed by atoms with E-state index in [4.69, 9.17) is 4.42 Å². The van der Waals surface area contributed by atoms with Gasteiger partial charge in [-0.25, -0.2) is 0 Å². The molecule has 0 aliphatic heterocycles.